The molecule has 1 N–H and O–H groups in total. The van der Waals surface area contributed by atoms with Crippen LogP contribution in [0.1, 0.15) is 11.8 Å². The predicted molar refractivity (Wildman–Crippen MR) is 85.3 cm³/mol. The average molecular weight is 354 g/mol. The van der Waals surface area contributed by atoms with Crippen molar-refractivity contribution >= 4 is 33.2 Å². The number of carbonyl (C=O) groups is 1. The summed E-state index contributed by atoms with van der Waals surface area (Å²) in [7, 11) is 0. The summed E-state index contributed by atoms with van der Waals surface area (Å²) < 4.78 is 6.68. The molecule has 1 atom stereocenters. The molecule has 0 bridgehead atoms. The highest BCUT2D eigenvalue weighted by atomic mass is 79.9. The van der Waals surface area contributed by atoms with Gasteiger partial charge in [0.2, 0.25) is 0 Å². The second kappa shape index (κ2) is 7.45. The Morgan fingerprint density at radius 2 is 2.05 bits per heavy atom. The van der Waals surface area contributed by atoms with Gasteiger partial charge in [0, 0.05) is 11.4 Å². The quantitative estimate of drug-likeness (QED) is 0.860. The van der Waals surface area contributed by atoms with Crippen molar-refractivity contribution in [1.82, 2.24) is 5.32 Å². The smallest absolute Gasteiger partial charge is 0.260 e. The van der Waals surface area contributed by atoms with Crippen molar-refractivity contribution in [3.63, 3.8) is 0 Å². The van der Waals surface area contributed by atoms with Crippen LogP contribution in [0.2, 0.25) is 0 Å². The van der Waals surface area contributed by atoms with Crippen LogP contribution in [0, 0.1) is 0 Å². The van der Waals surface area contributed by atoms with E-state index in [1.54, 1.807) is 18.3 Å². The van der Waals surface area contributed by atoms with Crippen LogP contribution in [0.15, 0.2) is 46.3 Å². The highest BCUT2D eigenvalue weighted by Crippen LogP contribution is 2.22. The number of thiophene rings is 1. The van der Waals surface area contributed by atoms with E-state index in [9.17, 15) is 4.79 Å². The molecule has 0 saturated heterocycles. The van der Waals surface area contributed by atoms with E-state index in [4.69, 9.17) is 4.74 Å². The summed E-state index contributed by atoms with van der Waals surface area (Å²) in [5.74, 6) is 0.613. The number of para-hydroxylation sites is 1. The number of rotatable bonds is 6. The number of ether oxygens (including phenoxy) is 1. The van der Waals surface area contributed by atoms with Crippen LogP contribution in [0.25, 0.3) is 0 Å². The van der Waals surface area contributed by atoms with Crippen molar-refractivity contribution in [2.45, 2.75) is 19.4 Å². The first-order chi connectivity index (χ1) is 9.65. The Bertz CT molecular complexity index is 556. The van der Waals surface area contributed by atoms with Crippen molar-refractivity contribution < 1.29 is 9.53 Å². The second-order valence-electron chi connectivity index (χ2n) is 4.32. The molecule has 1 heterocycles. The Morgan fingerprint density at radius 1 is 1.30 bits per heavy atom. The van der Waals surface area contributed by atoms with Gasteiger partial charge in [-0.05, 0) is 53.5 Å². The van der Waals surface area contributed by atoms with Gasteiger partial charge in [-0.2, -0.15) is 0 Å². The van der Waals surface area contributed by atoms with Gasteiger partial charge in [0.15, 0.2) is 6.10 Å². The number of hydrogen-bond acceptors (Lipinski definition) is 3. The Hall–Kier alpha value is -1.33. The van der Waals surface area contributed by atoms with Gasteiger partial charge < -0.3 is 10.1 Å². The maximum atomic E-state index is 11.9. The predicted octanol–water partition coefficient (Wildman–Crippen LogP) is 3.64. The zero-order valence-electron chi connectivity index (χ0n) is 11.1. The third-order valence-corrected chi connectivity index (χ3v) is 4.41. The lowest BCUT2D eigenvalue weighted by molar-refractivity contribution is -0.127. The Balaban J connectivity index is 1.74. The average Bonchev–Trinajstić information content (AvgIpc) is 2.85. The zero-order chi connectivity index (χ0) is 14.4. The van der Waals surface area contributed by atoms with Crippen molar-refractivity contribution in [2.24, 2.45) is 0 Å². The van der Waals surface area contributed by atoms with Crippen LogP contribution in [0.5, 0.6) is 5.75 Å². The first-order valence-electron chi connectivity index (χ1n) is 6.39. The normalized spacial score (nSPS) is 11.9. The molecule has 1 aromatic heterocycles. The molecular formula is C15H16BrNO2S. The lowest BCUT2D eigenvalue weighted by atomic mass is 10.3. The molecule has 0 aliphatic rings. The van der Waals surface area contributed by atoms with Crippen molar-refractivity contribution in [3.05, 3.63) is 51.1 Å². The first-order valence-corrected chi connectivity index (χ1v) is 8.00. The fourth-order valence-electron chi connectivity index (χ4n) is 1.70. The second-order valence-corrected chi connectivity index (χ2v) is 6.87. The summed E-state index contributed by atoms with van der Waals surface area (Å²) in [4.78, 5) is 13.1. The van der Waals surface area contributed by atoms with E-state index in [1.165, 1.54) is 4.88 Å². The molecule has 3 nitrogen and oxygen atoms in total. The maximum Gasteiger partial charge on any atom is 0.260 e. The molecule has 0 spiro atoms. The number of nitrogens with one attached hydrogen (secondary N) is 1. The largest absolute Gasteiger partial charge is 0.481 e. The van der Waals surface area contributed by atoms with E-state index >= 15 is 0 Å². The van der Waals surface area contributed by atoms with Gasteiger partial charge >= 0.3 is 0 Å². The van der Waals surface area contributed by atoms with Crippen LogP contribution >= 0.6 is 27.3 Å². The number of carbonyl (C=O) groups excluding carboxylic acids is 1. The van der Waals surface area contributed by atoms with Gasteiger partial charge in [-0.25, -0.2) is 0 Å². The lowest BCUT2D eigenvalue weighted by Crippen LogP contribution is -2.37. The Labute approximate surface area is 131 Å². The maximum absolute atomic E-state index is 11.9. The zero-order valence-corrected chi connectivity index (χ0v) is 13.5. The molecule has 0 radical (unpaired) electrons. The van der Waals surface area contributed by atoms with Gasteiger partial charge in [-0.15, -0.1) is 11.3 Å². The number of benzene rings is 1. The molecular weight excluding hydrogens is 338 g/mol. The number of amides is 1. The van der Waals surface area contributed by atoms with Crippen LogP contribution in [-0.4, -0.2) is 18.6 Å². The molecule has 5 heteroatoms. The van der Waals surface area contributed by atoms with Crippen molar-refractivity contribution in [1.29, 1.82) is 0 Å². The SMILES string of the molecule is CC(Oc1ccccc1)C(=O)NCCc1ccc(Br)s1. The molecule has 2 rings (SSSR count). The first kappa shape index (κ1) is 15.1. The molecule has 106 valence electrons. The molecule has 0 aliphatic heterocycles. The van der Waals surface area contributed by atoms with E-state index in [2.05, 4.69) is 27.3 Å². The number of halogens is 1. The molecule has 1 unspecified atom stereocenters. The van der Waals surface area contributed by atoms with E-state index < -0.39 is 6.10 Å². The monoisotopic (exact) mass is 353 g/mol. The summed E-state index contributed by atoms with van der Waals surface area (Å²) in [5, 5.41) is 2.89. The summed E-state index contributed by atoms with van der Waals surface area (Å²) in [5.41, 5.74) is 0. The molecule has 0 fully saturated rings. The van der Waals surface area contributed by atoms with Crippen LogP contribution in [0.3, 0.4) is 0 Å². The summed E-state index contributed by atoms with van der Waals surface area (Å²) >= 11 is 5.11. The van der Waals surface area contributed by atoms with Gasteiger partial charge in [0.1, 0.15) is 5.75 Å². The third-order valence-electron chi connectivity index (χ3n) is 2.72. The molecule has 1 amide bonds. The summed E-state index contributed by atoms with van der Waals surface area (Å²) in [6, 6.07) is 13.4. The van der Waals surface area contributed by atoms with E-state index in [0.29, 0.717) is 12.3 Å². The minimum Gasteiger partial charge on any atom is -0.481 e. The van der Waals surface area contributed by atoms with Gasteiger partial charge in [0.25, 0.3) is 5.91 Å². The van der Waals surface area contributed by atoms with Gasteiger partial charge in [-0.1, -0.05) is 18.2 Å². The molecule has 20 heavy (non-hydrogen) atoms. The van der Waals surface area contributed by atoms with Gasteiger partial charge in [0.05, 0.1) is 3.79 Å². The fourth-order valence-corrected chi connectivity index (χ4v) is 3.18. The summed E-state index contributed by atoms with van der Waals surface area (Å²) in [6.45, 7) is 2.37. The number of hydrogen-bond donors (Lipinski definition) is 1. The van der Waals surface area contributed by atoms with Crippen LogP contribution in [-0.2, 0) is 11.2 Å². The topological polar surface area (TPSA) is 38.3 Å². The Kier molecular flexibility index (Phi) is 5.61. The fraction of sp³-hybridized carbons (Fsp3) is 0.267. The lowest BCUT2D eigenvalue weighted by Gasteiger charge is -2.14. The Morgan fingerprint density at radius 3 is 2.70 bits per heavy atom. The molecule has 0 saturated carbocycles. The highest BCUT2D eigenvalue weighted by molar-refractivity contribution is 9.11. The van der Waals surface area contributed by atoms with Crippen molar-refractivity contribution in [2.75, 3.05) is 6.54 Å². The minimum atomic E-state index is -0.493. The molecule has 1 aromatic carbocycles. The van der Waals surface area contributed by atoms with Crippen LogP contribution in [0.4, 0.5) is 0 Å². The van der Waals surface area contributed by atoms with Gasteiger partial charge in [-0.3, -0.25) is 4.79 Å². The minimum absolute atomic E-state index is 0.0931. The van der Waals surface area contributed by atoms with Crippen LogP contribution < -0.4 is 10.1 Å². The van der Waals surface area contributed by atoms with Crippen molar-refractivity contribution in [3.8, 4) is 5.75 Å². The van der Waals surface area contributed by atoms with E-state index in [-0.39, 0.29) is 5.91 Å². The summed E-state index contributed by atoms with van der Waals surface area (Å²) in [6.07, 6.45) is 0.340. The van der Waals surface area contributed by atoms with E-state index in [1.807, 2.05) is 36.4 Å². The standard InChI is InChI=1S/C15H16BrNO2S/c1-11(19-12-5-3-2-4-6-12)15(18)17-10-9-13-7-8-14(16)20-13/h2-8,11H,9-10H2,1H3,(H,17,18). The third kappa shape index (κ3) is 4.65. The van der Waals surface area contributed by atoms with E-state index in [0.717, 1.165) is 10.2 Å². The molecule has 2 aromatic rings. The highest BCUT2D eigenvalue weighted by Gasteiger charge is 2.13. The molecule has 0 aliphatic carbocycles.